The fourth-order valence-corrected chi connectivity index (χ4v) is 2.04. The molecule has 6 heteroatoms. The van der Waals surface area contributed by atoms with Gasteiger partial charge in [-0.1, -0.05) is 24.3 Å². The van der Waals surface area contributed by atoms with Crippen molar-refractivity contribution in [1.82, 2.24) is 0 Å². The number of hydrogen-bond donors (Lipinski definition) is 1. The lowest BCUT2D eigenvalue weighted by atomic mass is 10.2. The van der Waals surface area contributed by atoms with Crippen molar-refractivity contribution in [1.29, 1.82) is 5.26 Å². The second kappa shape index (κ2) is 9.08. The molecule has 0 spiro atoms. The molecule has 0 aliphatic carbocycles. The monoisotopic (exact) mass is 338 g/mol. The van der Waals surface area contributed by atoms with Crippen LogP contribution in [0.3, 0.4) is 0 Å². The second-order valence-corrected chi connectivity index (χ2v) is 5.27. The van der Waals surface area contributed by atoms with Gasteiger partial charge in [-0.25, -0.2) is 0 Å². The first-order valence-corrected chi connectivity index (χ1v) is 7.72. The van der Waals surface area contributed by atoms with Gasteiger partial charge in [0.25, 0.3) is 5.91 Å². The van der Waals surface area contributed by atoms with Crippen molar-refractivity contribution in [2.45, 2.75) is 13.3 Å². The number of carbonyl (C=O) groups excluding carboxylic acids is 2. The molecule has 128 valence electrons. The van der Waals surface area contributed by atoms with E-state index in [1.165, 1.54) is 6.07 Å². The molecule has 6 nitrogen and oxygen atoms in total. The number of hydrogen-bond acceptors (Lipinski definition) is 5. The van der Waals surface area contributed by atoms with Crippen molar-refractivity contribution in [3.05, 3.63) is 59.7 Å². The maximum atomic E-state index is 11.8. The number of aryl methyl sites for hydroxylation is 1. The van der Waals surface area contributed by atoms with E-state index in [0.717, 1.165) is 5.56 Å². The average molecular weight is 338 g/mol. The molecule has 0 atom stereocenters. The largest absolute Gasteiger partial charge is 0.493 e. The summed E-state index contributed by atoms with van der Waals surface area (Å²) in [6.45, 7) is 1.70. The molecule has 2 aromatic rings. The zero-order valence-electron chi connectivity index (χ0n) is 13.8. The van der Waals surface area contributed by atoms with Gasteiger partial charge in [-0.15, -0.1) is 0 Å². The summed E-state index contributed by atoms with van der Waals surface area (Å²) in [7, 11) is 0. The summed E-state index contributed by atoms with van der Waals surface area (Å²) >= 11 is 0. The third kappa shape index (κ3) is 5.99. The number of amides is 1. The Morgan fingerprint density at radius 2 is 1.96 bits per heavy atom. The van der Waals surface area contributed by atoms with Crippen LogP contribution in [0.15, 0.2) is 48.5 Å². The van der Waals surface area contributed by atoms with Crippen molar-refractivity contribution in [2.24, 2.45) is 0 Å². The Hall–Kier alpha value is -3.33. The number of esters is 1. The van der Waals surface area contributed by atoms with Crippen LogP contribution in [0.4, 0.5) is 5.69 Å². The maximum absolute atomic E-state index is 11.8. The van der Waals surface area contributed by atoms with E-state index in [2.05, 4.69) is 5.32 Å². The number of benzene rings is 2. The molecule has 0 fully saturated rings. The van der Waals surface area contributed by atoms with Crippen LogP contribution >= 0.6 is 0 Å². The van der Waals surface area contributed by atoms with Gasteiger partial charge in [0.2, 0.25) is 0 Å². The molecule has 2 rings (SSSR count). The first-order chi connectivity index (χ1) is 12.1. The Morgan fingerprint density at radius 1 is 1.16 bits per heavy atom. The van der Waals surface area contributed by atoms with Crippen LogP contribution in [0.25, 0.3) is 0 Å². The van der Waals surface area contributed by atoms with E-state index in [4.69, 9.17) is 14.7 Å². The Bertz CT molecular complexity index is 796. The number of rotatable bonds is 7. The first-order valence-electron chi connectivity index (χ1n) is 7.72. The number of nitrogens with zero attached hydrogens (tertiary/aromatic N) is 1. The van der Waals surface area contributed by atoms with Gasteiger partial charge < -0.3 is 14.8 Å². The number of ether oxygens (including phenoxy) is 2. The van der Waals surface area contributed by atoms with E-state index < -0.39 is 11.9 Å². The zero-order chi connectivity index (χ0) is 18.1. The molecular formula is C19H18N2O4. The summed E-state index contributed by atoms with van der Waals surface area (Å²) in [4.78, 5) is 23.4. The highest BCUT2D eigenvalue weighted by Gasteiger charge is 2.09. The van der Waals surface area contributed by atoms with Crippen LogP contribution in [0.1, 0.15) is 17.5 Å². The Balaban J connectivity index is 1.70. The van der Waals surface area contributed by atoms with E-state index in [9.17, 15) is 9.59 Å². The lowest BCUT2D eigenvalue weighted by molar-refractivity contribution is -0.147. The SMILES string of the molecule is Cc1ccccc1OCCC(=O)OCC(=O)Nc1cccc(C#N)c1. The molecule has 0 saturated heterocycles. The van der Waals surface area contributed by atoms with Gasteiger partial charge in [-0.05, 0) is 36.8 Å². The van der Waals surface area contributed by atoms with Crippen molar-refractivity contribution in [2.75, 3.05) is 18.5 Å². The lowest BCUT2D eigenvalue weighted by Crippen LogP contribution is -2.21. The minimum absolute atomic E-state index is 0.0472. The maximum Gasteiger partial charge on any atom is 0.309 e. The molecule has 0 bridgehead atoms. The predicted octanol–water partition coefficient (Wildman–Crippen LogP) is 2.82. The quantitative estimate of drug-likeness (QED) is 0.784. The predicted molar refractivity (Wildman–Crippen MR) is 92.0 cm³/mol. The number of para-hydroxylation sites is 1. The minimum atomic E-state index is -0.519. The standard InChI is InChI=1S/C19H18N2O4/c1-14-5-2-3-8-17(14)24-10-9-19(23)25-13-18(22)21-16-7-4-6-15(11-16)12-20/h2-8,11H,9-10,13H2,1H3,(H,21,22). The third-order valence-corrected chi connectivity index (χ3v) is 3.30. The average Bonchev–Trinajstić information content (AvgIpc) is 2.62. The van der Waals surface area contributed by atoms with E-state index >= 15 is 0 Å². The summed E-state index contributed by atoms with van der Waals surface area (Å²) in [6, 6.07) is 15.9. The van der Waals surface area contributed by atoms with Crippen LogP contribution in [0, 0.1) is 18.3 Å². The van der Waals surface area contributed by atoms with Crippen molar-refractivity contribution in [3.8, 4) is 11.8 Å². The van der Waals surface area contributed by atoms with E-state index in [0.29, 0.717) is 17.0 Å². The molecular weight excluding hydrogens is 320 g/mol. The van der Waals surface area contributed by atoms with Crippen LogP contribution in [0.5, 0.6) is 5.75 Å². The number of nitrogens with one attached hydrogen (secondary N) is 1. The van der Waals surface area contributed by atoms with Gasteiger partial charge in [-0.3, -0.25) is 9.59 Å². The molecule has 0 radical (unpaired) electrons. The fourth-order valence-electron chi connectivity index (χ4n) is 2.04. The van der Waals surface area contributed by atoms with Gasteiger partial charge in [0.15, 0.2) is 6.61 Å². The molecule has 2 aromatic carbocycles. The Morgan fingerprint density at radius 3 is 2.72 bits per heavy atom. The summed E-state index contributed by atoms with van der Waals surface area (Å²) in [5, 5.41) is 11.4. The minimum Gasteiger partial charge on any atom is -0.493 e. The summed E-state index contributed by atoms with van der Waals surface area (Å²) < 4.78 is 10.4. The molecule has 0 unspecified atom stereocenters. The van der Waals surface area contributed by atoms with Crippen LogP contribution < -0.4 is 10.1 Å². The molecule has 1 N–H and O–H groups in total. The van der Waals surface area contributed by atoms with Gasteiger partial charge in [0.05, 0.1) is 24.7 Å². The second-order valence-electron chi connectivity index (χ2n) is 5.27. The number of carbonyl (C=O) groups is 2. The Kier molecular flexibility index (Phi) is 6.55. The van der Waals surface area contributed by atoms with Crippen LogP contribution in [-0.4, -0.2) is 25.1 Å². The molecule has 25 heavy (non-hydrogen) atoms. The lowest BCUT2D eigenvalue weighted by Gasteiger charge is -2.09. The molecule has 0 aliphatic heterocycles. The molecule has 0 aromatic heterocycles. The zero-order valence-corrected chi connectivity index (χ0v) is 13.8. The van der Waals surface area contributed by atoms with Gasteiger partial charge in [0.1, 0.15) is 5.75 Å². The summed E-state index contributed by atoms with van der Waals surface area (Å²) in [5.41, 5.74) is 1.89. The van der Waals surface area contributed by atoms with E-state index in [1.54, 1.807) is 18.2 Å². The molecule has 0 heterocycles. The fraction of sp³-hybridized carbons (Fsp3) is 0.211. The number of anilines is 1. The number of nitriles is 1. The van der Waals surface area contributed by atoms with E-state index in [-0.39, 0.29) is 19.6 Å². The topological polar surface area (TPSA) is 88.4 Å². The van der Waals surface area contributed by atoms with Gasteiger partial charge in [-0.2, -0.15) is 5.26 Å². The van der Waals surface area contributed by atoms with Crippen LogP contribution in [-0.2, 0) is 14.3 Å². The smallest absolute Gasteiger partial charge is 0.309 e. The van der Waals surface area contributed by atoms with Crippen molar-refractivity contribution >= 4 is 17.6 Å². The summed E-state index contributed by atoms with van der Waals surface area (Å²) in [5.74, 6) is -0.275. The van der Waals surface area contributed by atoms with Crippen LogP contribution in [0.2, 0.25) is 0 Å². The highest BCUT2D eigenvalue weighted by molar-refractivity contribution is 5.92. The highest BCUT2D eigenvalue weighted by Crippen LogP contribution is 2.16. The normalized spacial score (nSPS) is 9.76. The molecule has 1 amide bonds. The van der Waals surface area contributed by atoms with E-state index in [1.807, 2.05) is 37.3 Å². The van der Waals surface area contributed by atoms with Crippen molar-refractivity contribution < 1.29 is 19.1 Å². The first kappa shape index (κ1) is 18.0. The Labute approximate surface area is 146 Å². The van der Waals surface area contributed by atoms with Crippen molar-refractivity contribution in [3.63, 3.8) is 0 Å². The molecule has 0 saturated carbocycles. The summed E-state index contributed by atoms with van der Waals surface area (Å²) in [6.07, 6.45) is 0.0472. The third-order valence-electron chi connectivity index (χ3n) is 3.30. The molecule has 0 aliphatic rings. The van der Waals surface area contributed by atoms with Gasteiger partial charge in [0, 0.05) is 5.69 Å². The van der Waals surface area contributed by atoms with Gasteiger partial charge >= 0.3 is 5.97 Å². The highest BCUT2D eigenvalue weighted by atomic mass is 16.5.